The third kappa shape index (κ3) is 2.98. The van der Waals surface area contributed by atoms with Gasteiger partial charge >= 0.3 is 0 Å². The molecule has 1 aromatic heterocycles. The molecule has 28 heavy (non-hydrogen) atoms. The van der Waals surface area contributed by atoms with Crippen LogP contribution in [0.25, 0.3) is 22.0 Å². The lowest BCUT2D eigenvalue weighted by atomic mass is 9.97. The third-order valence-electron chi connectivity index (χ3n) is 6.39. The van der Waals surface area contributed by atoms with Crippen LogP contribution in [0, 0.1) is 5.82 Å². The first-order chi connectivity index (χ1) is 13.6. The number of halogens is 1. The summed E-state index contributed by atoms with van der Waals surface area (Å²) in [5.41, 5.74) is 3.08. The van der Waals surface area contributed by atoms with Crippen LogP contribution in [-0.4, -0.2) is 46.2 Å². The average molecular weight is 378 g/mol. The average Bonchev–Trinajstić information content (AvgIpc) is 3.19. The Hall–Kier alpha value is -2.73. The predicted octanol–water partition coefficient (Wildman–Crippen LogP) is 3.72. The van der Waals surface area contributed by atoms with Gasteiger partial charge in [-0.1, -0.05) is 18.2 Å². The number of hydrogen-bond donors (Lipinski definition) is 2. The smallest absolute Gasteiger partial charge is 0.272 e. The Bertz CT molecular complexity index is 1010. The third-order valence-corrected chi connectivity index (χ3v) is 6.39. The molecule has 5 nitrogen and oxygen atoms in total. The number of fused-ring (bicyclic) bond motifs is 3. The summed E-state index contributed by atoms with van der Waals surface area (Å²) in [4.78, 5) is 15.4. The van der Waals surface area contributed by atoms with Gasteiger partial charge in [0.1, 0.15) is 5.82 Å². The van der Waals surface area contributed by atoms with Gasteiger partial charge < -0.3 is 10.2 Å². The van der Waals surface area contributed by atoms with Crippen molar-refractivity contribution in [3.8, 4) is 11.1 Å². The summed E-state index contributed by atoms with van der Waals surface area (Å²) >= 11 is 0. The fraction of sp³-hybridized carbons (Fsp3) is 0.364. The van der Waals surface area contributed by atoms with Crippen molar-refractivity contribution in [2.75, 3.05) is 7.05 Å². The van der Waals surface area contributed by atoms with Crippen LogP contribution >= 0.6 is 0 Å². The van der Waals surface area contributed by atoms with Crippen LogP contribution in [0.2, 0.25) is 0 Å². The molecule has 2 unspecified atom stereocenters. The molecule has 144 valence electrons. The van der Waals surface area contributed by atoms with Crippen molar-refractivity contribution in [2.45, 2.75) is 43.8 Å². The number of benzene rings is 2. The topological polar surface area (TPSA) is 61.0 Å². The van der Waals surface area contributed by atoms with E-state index in [2.05, 4.69) is 27.5 Å². The Morgan fingerprint density at radius 3 is 2.50 bits per heavy atom. The molecule has 2 aliphatic rings. The van der Waals surface area contributed by atoms with E-state index < -0.39 is 0 Å². The highest BCUT2D eigenvalue weighted by molar-refractivity contribution is 6.05. The number of nitrogens with one attached hydrogen (secondary N) is 2. The van der Waals surface area contributed by atoms with Crippen molar-refractivity contribution < 1.29 is 9.18 Å². The van der Waals surface area contributed by atoms with Gasteiger partial charge in [0, 0.05) is 23.5 Å². The summed E-state index contributed by atoms with van der Waals surface area (Å²) in [5.74, 6) is -0.392. The van der Waals surface area contributed by atoms with Gasteiger partial charge in [-0.3, -0.25) is 9.89 Å². The molecule has 0 radical (unpaired) electrons. The molecule has 2 bridgehead atoms. The summed E-state index contributed by atoms with van der Waals surface area (Å²) < 4.78 is 13.2. The highest BCUT2D eigenvalue weighted by Gasteiger charge is 2.39. The highest BCUT2D eigenvalue weighted by atomic mass is 19.1. The SMILES string of the molecule is CN1C2CCC1CC(NC(=O)c1n[nH]c3ccc(-c4ccc(F)cc4)cc13)C2. The molecule has 5 rings (SSSR count). The summed E-state index contributed by atoms with van der Waals surface area (Å²) in [6.07, 6.45) is 4.45. The Labute approximate surface area is 162 Å². The summed E-state index contributed by atoms with van der Waals surface area (Å²) in [7, 11) is 2.19. The number of carbonyl (C=O) groups excluding carboxylic acids is 1. The Morgan fingerprint density at radius 1 is 1.11 bits per heavy atom. The van der Waals surface area contributed by atoms with Gasteiger partial charge in [0.15, 0.2) is 5.69 Å². The normalized spacial score (nSPS) is 24.6. The van der Waals surface area contributed by atoms with Gasteiger partial charge in [-0.15, -0.1) is 0 Å². The number of nitrogens with zero attached hydrogens (tertiary/aromatic N) is 2. The molecule has 2 fully saturated rings. The molecule has 0 saturated carbocycles. The van der Waals surface area contributed by atoms with E-state index in [9.17, 15) is 9.18 Å². The molecule has 6 heteroatoms. The lowest BCUT2D eigenvalue weighted by molar-refractivity contribution is 0.0879. The molecule has 0 spiro atoms. The number of amides is 1. The standard InChI is InChI=1S/C22H23FN4O/c1-27-17-7-8-18(27)12-16(11-17)24-22(28)21-19-10-14(4-9-20(19)25-26-21)13-2-5-15(23)6-3-13/h2-6,9-10,16-18H,7-8,11-12H2,1H3,(H,24,28)(H,25,26). The molecule has 1 amide bonds. The van der Waals surface area contributed by atoms with E-state index in [1.165, 1.54) is 25.0 Å². The zero-order valence-electron chi connectivity index (χ0n) is 15.8. The van der Waals surface area contributed by atoms with Gasteiger partial charge in [-0.25, -0.2) is 4.39 Å². The minimum Gasteiger partial charge on any atom is -0.348 e. The summed E-state index contributed by atoms with van der Waals surface area (Å²) in [6, 6.07) is 13.5. The van der Waals surface area contributed by atoms with Gasteiger partial charge in [-0.2, -0.15) is 5.10 Å². The second-order valence-corrected chi connectivity index (χ2v) is 8.03. The van der Waals surface area contributed by atoms with Crippen LogP contribution in [0.4, 0.5) is 4.39 Å². The number of aromatic nitrogens is 2. The quantitative estimate of drug-likeness (QED) is 0.730. The minimum absolute atomic E-state index is 0.128. The summed E-state index contributed by atoms with van der Waals surface area (Å²) in [6.45, 7) is 0. The van der Waals surface area contributed by atoms with Crippen LogP contribution in [0.15, 0.2) is 42.5 Å². The molecule has 2 aromatic carbocycles. The van der Waals surface area contributed by atoms with E-state index >= 15 is 0 Å². The zero-order chi connectivity index (χ0) is 19.3. The van der Waals surface area contributed by atoms with E-state index in [0.717, 1.165) is 34.9 Å². The van der Waals surface area contributed by atoms with Crippen molar-refractivity contribution in [1.82, 2.24) is 20.4 Å². The Morgan fingerprint density at radius 2 is 1.79 bits per heavy atom. The van der Waals surface area contributed by atoms with E-state index in [-0.39, 0.29) is 17.8 Å². The van der Waals surface area contributed by atoms with E-state index in [1.54, 1.807) is 12.1 Å². The van der Waals surface area contributed by atoms with E-state index in [0.29, 0.717) is 17.8 Å². The fourth-order valence-corrected chi connectivity index (χ4v) is 4.79. The number of hydrogen-bond acceptors (Lipinski definition) is 3. The second-order valence-electron chi connectivity index (χ2n) is 8.03. The number of H-pyrrole nitrogens is 1. The van der Waals surface area contributed by atoms with Gasteiger partial charge in [0.2, 0.25) is 0 Å². The number of rotatable bonds is 3. The van der Waals surface area contributed by atoms with E-state index in [4.69, 9.17) is 0 Å². The molecular formula is C22H23FN4O. The molecule has 2 atom stereocenters. The molecule has 0 aliphatic carbocycles. The maximum Gasteiger partial charge on any atom is 0.272 e. The van der Waals surface area contributed by atoms with Crippen LogP contribution in [0.3, 0.4) is 0 Å². The zero-order valence-corrected chi connectivity index (χ0v) is 15.8. The first-order valence-electron chi connectivity index (χ1n) is 9.85. The van der Waals surface area contributed by atoms with Crippen molar-refractivity contribution in [2.24, 2.45) is 0 Å². The Kier molecular flexibility index (Phi) is 4.16. The lowest BCUT2D eigenvalue weighted by Gasteiger charge is -2.36. The molecule has 3 aromatic rings. The van der Waals surface area contributed by atoms with Gasteiger partial charge in [0.05, 0.1) is 5.52 Å². The molecule has 3 heterocycles. The molecule has 2 aliphatic heterocycles. The number of carbonyl (C=O) groups is 1. The number of piperidine rings is 1. The molecule has 2 N–H and O–H groups in total. The minimum atomic E-state index is -0.264. The highest BCUT2D eigenvalue weighted by Crippen LogP contribution is 2.34. The largest absolute Gasteiger partial charge is 0.348 e. The maximum atomic E-state index is 13.2. The van der Waals surface area contributed by atoms with E-state index in [1.807, 2.05) is 18.2 Å². The molecular weight excluding hydrogens is 355 g/mol. The second kappa shape index (κ2) is 6.71. The fourth-order valence-electron chi connectivity index (χ4n) is 4.79. The monoisotopic (exact) mass is 378 g/mol. The molecule has 2 saturated heterocycles. The van der Waals surface area contributed by atoms with Crippen LogP contribution in [-0.2, 0) is 0 Å². The van der Waals surface area contributed by atoms with Crippen LogP contribution in [0.1, 0.15) is 36.2 Å². The van der Waals surface area contributed by atoms with Gasteiger partial charge in [-0.05, 0) is 68.1 Å². The predicted molar refractivity (Wildman–Crippen MR) is 107 cm³/mol. The van der Waals surface area contributed by atoms with Crippen LogP contribution < -0.4 is 5.32 Å². The van der Waals surface area contributed by atoms with Crippen molar-refractivity contribution >= 4 is 16.8 Å². The van der Waals surface area contributed by atoms with Gasteiger partial charge in [0.25, 0.3) is 5.91 Å². The first-order valence-corrected chi connectivity index (χ1v) is 9.85. The lowest BCUT2D eigenvalue weighted by Crippen LogP contribution is -2.48. The van der Waals surface area contributed by atoms with Crippen LogP contribution in [0.5, 0.6) is 0 Å². The number of aromatic amines is 1. The summed E-state index contributed by atoms with van der Waals surface area (Å²) in [5, 5.41) is 11.2. The Balaban J connectivity index is 1.40. The maximum absolute atomic E-state index is 13.2. The first kappa shape index (κ1) is 17.4. The van der Waals surface area contributed by atoms with Crippen molar-refractivity contribution in [3.63, 3.8) is 0 Å². The van der Waals surface area contributed by atoms with Crippen molar-refractivity contribution in [3.05, 3.63) is 54.0 Å². The van der Waals surface area contributed by atoms with Crippen molar-refractivity contribution in [1.29, 1.82) is 0 Å².